The van der Waals surface area contributed by atoms with E-state index in [4.69, 9.17) is 10.2 Å². The molecule has 0 aliphatic heterocycles. The van der Waals surface area contributed by atoms with Crippen LogP contribution in [0.1, 0.15) is 39.0 Å². The highest BCUT2D eigenvalue weighted by molar-refractivity contribution is 5.69. The Morgan fingerprint density at radius 1 is 1.29 bits per heavy atom. The molecule has 14 heavy (non-hydrogen) atoms. The van der Waals surface area contributed by atoms with E-state index in [1.807, 2.05) is 6.92 Å². The minimum Gasteiger partial charge on any atom is -0.481 e. The topological polar surface area (TPSA) is 77.8 Å². The summed E-state index contributed by atoms with van der Waals surface area (Å²) >= 11 is 0. The molecule has 0 fully saturated rings. The van der Waals surface area contributed by atoms with Crippen LogP contribution in [0, 0.1) is 5.92 Å². The number of carbonyl (C=O) groups is 1. The van der Waals surface area contributed by atoms with Gasteiger partial charge in [-0.3, -0.25) is 4.79 Å². The van der Waals surface area contributed by atoms with Crippen molar-refractivity contribution in [3.05, 3.63) is 0 Å². The van der Waals surface area contributed by atoms with Crippen LogP contribution in [0.15, 0.2) is 0 Å². The lowest BCUT2D eigenvalue weighted by atomic mass is 9.98. The zero-order valence-corrected chi connectivity index (χ0v) is 8.65. The lowest BCUT2D eigenvalue weighted by molar-refractivity contribution is -0.142. The van der Waals surface area contributed by atoms with Gasteiger partial charge in [-0.15, -0.1) is 0 Å². The maximum Gasteiger partial charge on any atom is 0.306 e. The van der Waals surface area contributed by atoms with Crippen molar-refractivity contribution >= 4 is 5.97 Å². The number of hydrogen-bond acceptors (Lipinski definition) is 3. The maximum atomic E-state index is 10.6. The van der Waals surface area contributed by atoms with Crippen LogP contribution >= 0.6 is 0 Å². The van der Waals surface area contributed by atoms with Crippen LogP contribution in [0.2, 0.25) is 0 Å². The third-order valence-electron chi connectivity index (χ3n) is 2.39. The summed E-state index contributed by atoms with van der Waals surface area (Å²) in [6, 6.07) is 0. The monoisotopic (exact) mass is 204 g/mol. The molecule has 0 aliphatic carbocycles. The first kappa shape index (κ1) is 13.4. The molecule has 0 saturated heterocycles. The Kier molecular flexibility index (Phi) is 7.42. The second-order valence-electron chi connectivity index (χ2n) is 3.54. The number of carboxylic acids is 1. The van der Waals surface area contributed by atoms with Gasteiger partial charge < -0.3 is 15.3 Å². The fraction of sp³-hybridized carbons (Fsp3) is 0.900. The zero-order valence-electron chi connectivity index (χ0n) is 8.65. The van der Waals surface area contributed by atoms with Gasteiger partial charge in [0.1, 0.15) is 0 Å². The van der Waals surface area contributed by atoms with Crippen LogP contribution in [0.3, 0.4) is 0 Å². The van der Waals surface area contributed by atoms with E-state index in [-0.39, 0.29) is 12.5 Å². The summed E-state index contributed by atoms with van der Waals surface area (Å²) in [5.74, 6) is -1.06. The first-order valence-electron chi connectivity index (χ1n) is 5.13. The summed E-state index contributed by atoms with van der Waals surface area (Å²) in [5, 5.41) is 26.5. The van der Waals surface area contributed by atoms with Crippen LogP contribution in [0.5, 0.6) is 0 Å². The fourth-order valence-electron chi connectivity index (χ4n) is 1.40. The second kappa shape index (κ2) is 7.76. The van der Waals surface area contributed by atoms with Gasteiger partial charge in [0.2, 0.25) is 0 Å². The predicted molar refractivity (Wildman–Crippen MR) is 53.0 cm³/mol. The molecule has 0 amide bonds. The largest absolute Gasteiger partial charge is 0.481 e. The normalized spacial score (nSPS) is 15.1. The highest BCUT2D eigenvalue weighted by atomic mass is 16.4. The van der Waals surface area contributed by atoms with Crippen molar-refractivity contribution in [2.45, 2.75) is 45.1 Å². The van der Waals surface area contributed by atoms with E-state index in [0.717, 1.165) is 0 Å². The molecule has 0 aromatic heterocycles. The molecular formula is C10H20O4. The summed E-state index contributed by atoms with van der Waals surface area (Å²) in [6.45, 7) is 1.83. The molecule has 4 nitrogen and oxygen atoms in total. The van der Waals surface area contributed by atoms with E-state index in [1.54, 1.807) is 0 Å². The van der Waals surface area contributed by atoms with E-state index in [1.165, 1.54) is 0 Å². The molecule has 3 N–H and O–H groups in total. The molecule has 0 aromatic carbocycles. The lowest BCUT2D eigenvalue weighted by Crippen LogP contribution is -2.14. The predicted octanol–water partition coefficient (Wildman–Crippen LogP) is 1.01. The van der Waals surface area contributed by atoms with Crippen molar-refractivity contribution < 1.29 is 20.1 Å². The van der Waals surface area contributed by atoms with Crippen LogP contribution in [-0.2, 0) is 4.79 Å². The number of aliphatic carboxylic acids is 1. The van der Waals surface area contributed by atoms with Crippen molar-refractivity contribution in [3.63, 3.8) is 0 Å². The third-order valence-corrected chi connectivity index (χ3v) is 2.39. The fourth-order valence-corrected chi connectivity index (χ4v) is 1.40. The van der Waals surface area contributed by atoms with Crippen LogP contribution in [0.4, 0.5) is 0 Å². The maximum absolute atomic E-state index is 10.6. The second-order valence-corrected chi connectivity index (χ2v) is 3.54. The highest BCUT2D eigenvalue weighted by Crippen LogP contribution is 2.14. The number of aliphatic hydroxyl groups is 2. The Hall–Kier alpha value is -0.610. The quantitative estimate of drug-likeness (QED) is 0.551. The smallest absolute Gasteiger partial charge is 0.306 e. The number of aliphatic hydroxyl groups excluding tert-OH is 2. The molecule has 0 rings (SSSR count). The Bertz CT molecular complexity index is 158. The molecule has 0 saturated carbocycles. The zero-order chi connectivity index (χ0) is 11.0. The Morgan fingerprint density at radius 2 is 1.93 bits per heavy atom. The molecule has 84 valence electrons. The van der Waals surface area contributed by atoms with Crippen LogP contribution in [0.25, 0.3) is 0 Å². The first-order valence-corrected chi connectivity index (χ1v) is 5.13. The van der Waals surface area contributed by atoms with E-state index in [9.17, 15) is 9.90 Å². The van der Waals surface area contributed by atoms with Gasteiger partial charge in [0.05, 0.1) is 12.0 Å². The molecule has 4 heteroatoms. The van der Waals surface area contributed by atoms with E-state index in [2.05, 4.69) is 0 Å². The standard InChI is InChI=1S/C10H20O4/c1-2-8(10(13)14)4-3-5-9(12)6-7-11/h8-9,11-12H,2-7H2,1H3,(H,13,14)/t8-,9?/m1/s1. The van der Waals surface area contributed by atoms with Gasteiger partial charge in [0.25, 0.3) is 0 Å². The van der Waals surface area contributed by atoms with Gasteiger partial charge in [-0.2, -0.15) is 0 Å². The molecule has 0 aliphatic rings. The summed E-state index contributed by atoms with van der Waals surface area (Å²) in [6.07, 6.45) is 2.39. The van der Waals surface area contributed by atoms with E-state index >= 15 is 0 Å². The Labute approximate surface area is 84.6 Å². The van der Waals surface area contributed by atoms with Crippen molar-refractivity contribution in [2.24, 2.45) is 5.92 Å². The van der Waals surface area contributed by atoms with Gasteiger partial charge in [-0.25, -0.2) is 0 Å². The van der Waals surface area contributed by atoms with Crippen molar-refractivity contribution in [1.82, 2.24) is 0 Å². The average molecular weight is 204 g/mol. The average Bonchev–Trinajstić information content (AvgIpc) is 2.12. The number of carboxylic acid groups (broad SMARTS) is 1. The molecule has 0 heterocycles. The molecule has 0 radical (unpaired) electrons. The van der Waals surface area contributed by atoms with Crippen molar-refractivity contribution in [2.75, 3.05) is 6.61 Å². The summed E-state index contributed by atoms with van der Waals surface area (Å²) in [4.78, 5) is 10.6. The van der Waals surface area contributed by atoms with Gasteiger partial charge in [-0.1, -0.05) is 13.3 Å². The number of hydrogen-bond donors (Lipinski definition) is 3. The Morgan fingerprint density at radius 3 is 2.36 bits per heavy atom. The van der Waals surface area contributed by atoms with Gasteiger partial charge in [0, 0.05) is 6.61 Å². The van der Waals surface area contributed by atoms with Crippen LogP contribution < -0.4 is 0 Å². The van der Waals surface area contributed by atoms with Gasteiger partial charge in [-0.05, 0) is 25.7 Å². The summed E-state index contributed by atoms with van der Waals surface area (Å²) < 4.78 is 0. The Balaban J connectivity index is 3.55. The lowest BCUT2D eigenvalue weighted by Gasteiger charge is -2.11. The summed E-state index contributed by atoms with van der Waals surface area (Å²) in [5.41, 5.74) is 0. The molecular weight excluding hydrogens is 184 g/mol. The summed E-state index contributed by atoms with van der Waals surface area (Å²) in [7, 11) is 0. The van der Waals surface area contributed by atoms with Crippen molar-refractivity contribution in [3.8, 4) is 0 Å². The molecule has 0 bridgehead atoms. The number of rotatable bonds is 8. The highest BCUT2D eigenvalue weighted by Gasteiger charge is 2.14. The van der Waals surface area contributed by atoms with Gasteiger partial charge >= 0.3 is 5.97 Å². The van der Waals surface area contributed by atoms with Crippen LogP contribution in [-0.4, -0.2) is 34.0 Å². The SMILES string of the molecule is CC[C@H](CCCC(O)CCO)C(=O)O. The molecule has 0 aromatic rings. The first-order chi connectivity index (χ1) is 6.61. The van der Waals surface area contributed by atoms with Crippen molar-refractivity contribution in [1.29, 1.82) is 0 Å². The minimum atomic E-state index is -0.760. The molecule has 1 unspecified atom stereocenters. The molecule has 2 atom stereocenters. The van der Waals surface area contributed by atoms with E-state index < -0.39 is 12.1 Å². The van der Waals surface area contributed by atoms with Gasteiger partial charge in [0.15, 0.2) is 0 Å². The van der Waals surface area contributed by atoms with E-state index in [0.29, 0.717) is 32.1 Å². The molecule has 0 spiro atoms. The third kappa shape index (κ3) is 5.94. The minimum absolute atomic E-state index is 0.0166.